The minimum Gasteiger partial charge on any atom is -0.354 e. The summed E-state index contributed by atoms with van der Waals surface area (Å²) in [6.45, 7) is 0. The van der Waals surface area contributed by atoms with Crippen LogP contribution in [-0.4, -0.2) is 28.1 Å². The van der Waals surface area contributed by atoms with Crippen LogP contribution in [-0.2, 0) is 14.9 Å². The smallest absolute Gasteiger partial charge is 0.249 e. The first-order valence-electron chi connectivity index (χ1n) is 5.28. The van der Waals surface area contributed by atoms with Gasteiger partial charge in [-0.1, -0.05) is 15.9 Å². The van der Waals surface area contributed by atoms with Gasteiger partial charge in [0.25, 0.3) is 0 Å². The van der Waals surface area contributed by atoms with Gasteiger partial charge in [0.05, 0.1) is 5.69 Å². The van der Waals surface area contributed by atoms with Crippen LogP contribution >= 0.6 is 15.9 Å². The molecule has 2 rings (SSSR count). The van der Waals surface area contributed by atoms with Crippen LogP contribution in [0.4, 0.5) is 10.2 Å². The number of carbonyl (C=O) groups excluding carboxylic acids is 2. The summed E-state index contributed by atoms with van der Waals surface area (Å²) in [4.78, 5) is 22.4. The fourth-order valence-electron chi connectivity index (χ4n) is 1.56. The summed E-state index contributed by atoms with van der Waals surface area (Å²) in [7, 11) is 0. The van der Waals surface area contributed by atoms with Gasteiger partial charge in [-0.05, 0) is 6.42 Å². The molecule has 1 aliphatic rings. The molecule has 0 aliphatic carbocycles. The molecule has 1 aromatic heterocycles. The first kappa shape index (κ1) is 12.9. The summed E-state index contributed by atoms with van der Waals surface area (Å²) in [6, 6.07) is 0.567. The lowest BCUT2D eigenvalue weighted by molar-refractivity contribution is -0.133. The van der Waals surface area contributed by atoms with Gasteiger partial charge < -0.3 is 5.32 Å². The molecule has 6 nitrogen and oxygen atoms in total. The molecule has 0 aromatic carbocycles. The Balaban J connectivity index is 2.09. The van der Waals surface area contributed by atoms with Crippen LogP contribution in [0.25, 0.3) is 0 Å². The standard InChI is InChI=1S/C10H10BrFN4O2/c11-4-5-3-6(12)9(16-15-5)13-7-1-2-8(17)14-10(7)18/h3,7H,1-2,4H2,(H,13,16)(H,14,17,18). The zero-order chi connectivity index (χ0) is 13.1. The highest BCUT2D eigenvalue weighted by Gasteiger charge is 2.27. The maximum absolute atomic E-state index is 13.6. The van der Waals surface area contributed by atoms with Crippen molar-refractivity contribution in [3.05, 3.63) is 17.6 Å². The lowest BCUT2D eigenvalue weighted by Gasteiger charge is -2.22. The summed E-state index contributed by atoms with van der Waals surface area (Å²) in [6.07, 6.45) is 0.532. The molecule has 2 heterocycles. The lowest BCUT2D eigenvalue weighted by atomic mass is 10.1. The Morgan fingerprint density at radius 3 is 2.89 bits per heavy atom. The van der Waals surface area contributed by atoms with Crippen LogP contribution in [0.5, 0.6) is 0 Å². The Morgan fingerprint density at radius 2 is 2.28 bits per heavy atom. The Hall–Kier alpha value is -1.57. The van der Waals surface area contributed by atoms with E-state index in [4.69, 9.17) is 0 Å². The monoisotopic (exact) mass is 316 g/mol. The molecule has 0 radical (unpaired) electrons. The van der Waals surface area contributed by atoms with E-state index in [0.29, 0.717) is 17.4 Å². The van der Waals surface area contributed by atoms with E-state index in [1.165, 1.54) is 6.07 Å². The second-order valence-corrected chi connectivity index (χ2v) is 4.37. The Bertz CT molecular complexity index is 497. The first-order valence-corrected chi connectivity index (χ1v) is 6.40. The van der Waals surface area contributed by atoms with E-state index in [0.717, 1.165) is 0 Å². The summed E-state index contributed by atoms with van der Waals surface area (Å²) < 4.78 is 13.6. The number of amides is 2. The molecule has 0 spiro atoms. The van der Waals surface area contributed by atoms with Gasteiger partial charge in [0.1, 0.15) is 6.04 Å². The van der Waals surface area contributed by atoms with Gasteiger partial charge in [-0.25, -0.2) is 4.39 Å². The summed E-state index contributed by atoms with van der Waals surface area (Å²) in [5.74, 6) is -1.46. The Morgan fingerprint density at radius 1 is 1.50 bits per heavy atom. The second-order valence-electron chi connectivity index (χ2n) is 3.81. The second kappa shape index (κ2) is 5.38. The summed E-state index contributed by atoms with van der Waals surface area (Å²) >= 11 is 3.14. The van der Waals surface area contributed by atoms with E-state index in [1.807, 2.05) is 0 Å². The molecule has 1 atom stereocenters. The van der Waals surface area contributed by atoms with E-state index in [9.17, 15) is 14.0 Å². The maximum Gasteiger partial charge on any atom is 0.249 e. The molecule has 8 heteroatoms. The average Bonchev–Trinajstić information content (AvgIpc) is 2.34. The van der Waals surface area contributed by atoms with E-state index in [2.05, 4.69) is 36.8 Å². The third kappa shape index (κ3) is 2.81. The van der Waals surface area contributed by atoms with Crippen LogP contribution in [0.15, 0.2) is 6.07 Å². The lowest BCUT2D eigenvalue weighted by Crippen LogP contribution is -2.47. The van der Waals surface area contributed by atoms with E-state index < -0.39 is 17.8 Å². The van der Waals surface area contributed by atoms with Crippen molar-refractivity contribution >= 4 is 33.6 Å². The number of halogens is 2. The molecule has 96 valence electrons. The number of alkyl halides is 1. The molecule has 1 unspecified atom stereocenters. The Kier molecular flexibility index (Phi) is 3.85. The van der Waals surface area contributed by atoms with Crippen LogP contribution in [0.3, 0.4) is 0 Å². The number of hydrogen-bond acceptors (Lipinski definition) is 5. The highest BCUT2D eigenvalue weighted by Crippen LogP contribution is 2.15. The molecule has 18 heavy (non-hydrogen) atoms. The molecular formula is C10H10BrFN4O2. The predicted molar refractivity (Wildman–Crippen MR) is 64.4 cm³/mol. The number of nitrogens with one attached hydrogen (secondary N) is 2. The van der Waals surface area contributed by atoms with Gasteiger partial charge in [-0.2, -0.15) is 5.10 Å². The van der Waals surface area contributed by atoms with Crippen molar-refractivity contribution in [2.24, 2.45) is 0 Å². The van der Waals surface area contributed by atoms with Gasteiger partial charge in [-0.3, -0.25) is 14.9 Å². The van der Waals surface area contributed by atoms with Crippen LogP contribution in [0.2, 0.25) is 0 Å². The maximum atomic E-state index is 13.6. The number of piperidine rings is 1. The first-order chi connectivity index (χ1) is 8.60. The number of anilines is 1. The van der Waals surface area contributed by atoms with Crippen molar-refractivity contribution in [1.29, 1.82) is 0 Å². The van der Waals surface area contributed by atoms with Crippen LogP contribution in [0, 0.1) is 5.82 Å². The predicted octanol–water partition coefficient (Wildman–Crippen LogP) is 0.728. The zero-order valence-corrected chi connectivity index (χ0v) is 10.8. The van der Waals surface area contributed by atoms with E-state index in [-0.39, 0.29) is 18.1 Å². The minimum atomic E-state index is -0.665. The largest absolute Gasteiger partial charge is 0.354 e. The number of carbonyl (C=O) groups is 2. The summed E-state index contributed by atoms with van der Waals surface area (Å²) in [5, 5.41) is 12.6. The van der Waals surface area contributed by atoms with Crippen LogP contribution < -0.4 is 10.6 Å². The molecule has 2 amide bonds. The SMILES string of the molecule is O=C1CCC(Nc2nnc(CBr)cc2F)C(=O)N1. The third-order valence-corrected chi connectivity index (χ3v) is 3.06. The van der Waals surface area contributed by atoms with Crippen molar-refractivity contribution in [3.63, 3.8) is 0 Å². The van der Waals surface area contributed by atoms with E-state index >= 15 is 0 Å². The number of imide groups is 1. The van der Waals surface area contributed by atoms with Crippen LogP contribution in [0.1, 0.15) is 18.5 Å². The van der Waals surface area contributed by atoms with Gasteiger partial charge in [-0.15, -0.1) is 5.10 Å². The highest BCUT2D eigenvalue weighted by atomic mass is 79.9. The molecule has 0 saturated carbocycles. The molecule has 0 bridgehead atoms. The van der Waals surface area contributed by atoms with Gasteiger partial charge >= 0.3 is 0 Å². The van der Waals surface area contributed by atoms with Crippen molar-refractivity contribution in [2.45, 2.75) is 24.2 Å². The molecule has 1 saturated heterocycles. The minimum absolute atomic E-state index is 0.0887. The van der Waals surface area contributed by atoms with Crippen molar-refractivity contribution in [2.75, 3.05) is 5.32 Å². The van der Waals surface area contributed by atoms with Gasteiger partial charge in [0.2, 0.25) is 11.8 Å². The number of nitrogens with zero attached hydrogens (tertiary/aromatic N) is 2. The molecule has 1 aromatic rings. The topological polar surface area (TPSA) is 84.0 Å². The van der Waals surface area contributed by atoms with Gasteiger partial charge in [0, 0.05) is 17.8 Å². The molecule has 1 fully saturated rings. The van der Waals surface area contributed by atoms with Crippen molar-refractivity contribution in [3.8, 4) is 0 Å². The molecular weight excluding hydrogens is 307 g/mol. The van der Waals surface area contributed by atoms with Crippen molar-refractivity contribution < 1.29 is 14.0 Å². The zero-order valence-electron chi connectivity index (χ0n) is 9.24. The molecule has 2 N–H and O–H groups in total. The fourth-order valence-corrected chi connectivity index (χ4v) is 1.84. The highest BCUT2D eigenvalue weighted by molar-refractivity contribution is 9.08. The average molecular weight is 317 g/mol. The summed E-state index contributed by atoms with van der Waals surface area (Å²) in [5.41, 5.74) is 0.460. The number of aromatic nitrogens is 2. The quantitative estimate of drug-likeness (QED) is 0.634. The Labute approximate surface area is 110 Å². The normalized spacial score (nSPS) is 19.6. The van der Waals surface area contributed by atoms with Crippen molar-refractivity contribution in [1.82, 2.24) is 15.5 Å². The van der Waals surface area contributed by atoms with Gasteiger partial charge in [0.15, 0.2) is 11.6 Å². The van der Waals surface area contributed by atoms with E-state index in [1.54, 1.807) is 0 Å². The number of rotatable bonds is 3. The fraction of sp³-hybridized carbons (Fsp3) is 0.400. The molecule has 1 aliphatic heterocycles. The number of hydrogen-bond donors (Lipinski definition) is 2. The third-order valence-electron chi connectivity index (χ3n) is 2.49.